The van der Waals surface area contributed by atoms with Crippen LogP contribution in [0.4, 0.5) is 0 Å². The molecule has 4 nitrogen and oxygen atoms in total. The Hall–Kier alpha value is -6.05. The number of hydrogen-bond donors (Lipinski definition) is 1. The highest BCUT2D eigenvalue weighted by Gasteiger charge is 2.53. The van der Waals surface area contributed by atoms with E-state index in [9.17, 15) is 5.26 Å². The van der Waals surface area contributed by atoms with Gasteiger partial charge in [0.25, 0.3) is 0 Å². The third-order valence-electron chi connectivity index (χ3n) is 10.4. The molecule has 6 aromatic carbocycles. The van der Waals surface area contributed by atoms with E-state index in [0.29, 0.717) is 5.56 Å². The minimum absolute atomic E-state index is 0.137. The maximum atomic E-state index is 9.61. The third kappa shape index (κ3) is 3.94. The second kappa shape index (κ2) is 10.5. The van der Waals surface area contributed by atoms with Gasteiger partial charge < -0.3 is 5.32 Å². The topological polar surface area (TPSA) is 60.5 Å². The van der Waals surface area contributed by atoms with Crippen molar-refractivity contribution >= 4 is 11.7 Å². The van der Waals surface area contributed by atoms with E-state index in [1.807, 2.05) is 42.5 Å². The highest BCUT2D eigenvalue weighted by atomic mass is 15.2. The van der Waals surface area contributed by atoms with Gasteiger partial charge in [-0.2, -0.15) is 5.26 Å². The van der Waals surface area contributed by atoms with Crippen LogP contribution < -0.4 is 5.32 Å². The summed E-state index contributed by atoms with van der Waals surface area (Å²) in [6.45, 7) is 4.70. The zero-order chi connectivity index (χ0) is 32.5. The first-order valence-electron chi connectivity index (χ1n) is 16.4. The van der Waals surface area contributed by atoms with Crippen molar-refractivity contribution in [3.8, 4) is 17.2 Å². The van der Waals surface area contributed by atoms with Crippen LogP contribution in [0, 0.1) is 11.3 Å². The molecule has 0 bridgehead atoms. The Balaban J connectivity index is 1.26. The molecule has 0 aromatic heterocycles. The number of rotatable bonds is 3. The van der Waals surface area contributed by atoms with Gasteiger partial charge in [-0.1, -0.05) is 141 Å². The zero-order valence-corrected chi connectivity index (χ0v) is 26.8. The minimum Gasteiger partial charge on any atom is -0.324 e. The van der Waals surface area contributed by atoms with Crippen molar-refractivity contribution in [2.75, 3.05) is 0 Å². The maximum Gasteiger partial charge on any atom is 0.169 e. The SMILES string of the molecule is CC1(C)c2ccccc2C2(c3ccccc3-c3cc(C4=NC(c5cccc(C#N)c5)N=C(c5ccccc5)N4)ccc32)c2ccccc21. The summed E-state index contributed by atoms with van der Waals surface area (Å²) in [5, 5.41) is 13.2. The van der Waals surface area contributed by atoms with Gasteiger partial charge in [-0.25, -0.2) is 9.98 Å². The van der Waals surface area contributed by atoms with Crippen LogP contribution in [-0.2, 0) is 10.8 Å². The lowest BCUT2D eigenvalue weighted by molar-refractivity contribution is 0.563. The number of benzene rings is 6. The second-order valence-corrected chi connectivity index (χ2v) is 13.3. The lowest BCUT2D eigenvalue weighted by atomic mass is 9.55. The molecule has 6 aromatic rings. The van der Waals surface area contributed by atoms with E-state index >= 15 is 0 Å². The van der Waals surface area contributed by atoms with Gasteiger partial charge in [-0.3, -0.25) is 0 Å². The normalized spacial score (nSPS) is 17.5. The van der Waals surface area contributed by atoms with Gasteiger partial charge in [-0.15, -0.1) is 0 Å². The molecule has 1 unspecified atom stereocenters. The molecule has 0 saturated carbocycles. The minimum atomic E-state index is -0.490. The number of amidine groups is 2. The molecule has 9 rings (SSSR count). The average molecular weight is 617 g/mol. The molecule has 1 N–H and O–H groups in total. The Kier molecular flexibility index (Phi) is 6.16. The molecule has 1 heterocycles. The van der Waals surface area contributed by atoms with E-state index < -0.39 is 11.6 Å². The fourth-order valence-corrected chi connectivity index (χ4v) is 8.27. The monoisotopic (exact) mass is 616 g/mol. The average Bonchev–Trinajstić information content (AvgIpc) is 3.44. The summed E-state index contributed by atoms with van der Waals surface area (Å²) in [6, 6.07) is 53.8. The smallest absolute Gasteiger partial charge is 0.169 e. The first-order valence-corrected chi connectivity index (χ1v) is 16.4. The van der Waals surface area contributed by atoms with Gasteiger partial charge in [0.1, 0.15) is 11.7 Å². The van der Waals surface area contributed by atoms with Crippen LogP contribution in [-0.4, -0.2) is 11.7 Å². The lowest BCUT2D eigenvalue weighted by Crippen LogP contribution is -2.40. The van der Waals surface area contributed by atoms with Crippen molar-refractivity contribution in [2.24, 2.45) is 9.98 Å². The highest BCUT2D eigenvalue weighted by Crippen LogP contribution is 2.62. The number of nitrogens with zero attached hydrogens (tertiary/aromatic N) is 3. The highest BCUT2D eigenvalue weighted by molar-refractivity contribution is 6.16. The number of nitrogens with one attached hydrogen (secondary N) is 1. The molecule has 1 spiro atoms. The summed E-state index contributed by atoms with van der Waals surface area (Å²) < 4.78 is 0. The molecule has 0 amide bonds. The predicted octanol–water partition coefficient (Wildman–Crippen LogP) is 9.06. The van der Waals surface area contributed by atoms with Crippen molar-refractivity contribution < 1.29 is 0 Å². The second-order valence-electron chi connectivity index (χ2n) is 13.3. The number of nitriles is 1. The Labute approximate surface area is 280 Å². The van der Waals surface area contributed by atoms with Gasteiger partial charge >= 0.3 is 0 Å². The molecule has 1 aliphatic heterocycles. The first kappa shape index (κ1) is 28.2. The van der Waals surface area contributed by atoms with Crippen LogP contribution in [0.3, 0.4) is 0 Å². The van der Waals surface area contributed by atoms with Crippen LogP contribution in [0.25, 0.3) is 11.1 Å². The Bertz CT molecular complexity index is 2320. The van der Waals surface area contributed by atoms with Crippen LogP contribution in [0.15, 0.2) is 156 Å². The van der Waals surface area contributed by atoms with Crippen LogP contribution in [0.2, 0.25) is 0 Å². The molecule has 4 heteroatoms. The van der Waals surface area contributed by atoms with Crippen molar-refractivity contribution in [3.63, 3.8) is 0 Å². The zero-order valence-electron chi connectivity index (χ0n) is 26.8. The fourth-order valence-electron chi connectivity index (χ4n) is 8.27. The van der Waals surface area contributed by atoms with Crippen molar-refractivity contribution in [2.45, 2.75) is 30.8 Å². The van der Waals surface area contributed by atoms with Crippen LogP contribution in [0.1, 0.15) is 75.6 Å². The van der Waals surface area contributed by atoms with Gasteiger partial charge in [-0.05, 0) is 68.3 Å². The Morgan fingerprint density at radius 3 is 1.81 bits per heavy atom. The maximum absolute atomic E-state index is 9.61. The summed E-state index contributed by atoms with van der Waals surface area (Å²) in [6.07, 6.45) is -0.490. The van der Waals surface area contributed by atoms with E-state index in [1.54, 1.807) is 0 Å². The number of fused-ring (bicyclic) bond motifs is 9. The molecular formula is C44H32N4. The Morgan fingerprint density at radius 2 is 1.12 bits per heavy atom. The predicted molar refractivity (Wildman–Crippen MR) is 192 cm³/mol. The largest absolute Gasteiger partial charge is 0.324 e. The van der Waals surface area contributed by atoms with E-state index in [4.69, 9.17) is 9.98 Å². The van der Waals surface area contributed by atoms with Gasteiger partial charge in [0.05, 0.1) is 17.0 Å². The van der Waals surface area contributed by atoms with Crippen molar-refractivity contribution in [1.82, 2.24) is 5.32 Å². The first-order chi connectivity index (χ1) is 23.5. The molecule has 0 radical (unpaired) electrons. The molecule has 228 valence electrons. The summed E-state index contributed by atoms with van der Waals surface area (Å²) in [5.74, 6) is 1.51. The number of aliphatic imine (C=N–C) groups is 2. The quantitative estimate of drug-likeness (QED) is 0.215. The molecule has 0 fully saturated rings. The van der Waals surface area contributed by atoms with E-state index in [0.717, 1.165) is 28.4 Å². The standard InChI is InChI=1S/C44H32N4/c1-43(2)36-19-8-10-21-38(36)44(39-22-11-9-20-37(39)43)34-18-7-6-17-32(34)33-26-31(23-24-35(33)44)42-47-40(29-14-4-3-5-15-29)46-41(48-42)30-16-12-13-28(25-30)27-45/h3-26,41H,1-2H3,(H,46,47,48). The molecule has 48 heavy (non-hydrogen) atoms. The third-order valence-corrected chi connectivity index (χ3v) is 10.4. The molecule has 2 aliphatic carbocycles. The van der Waals surface area contributed by atoms with Gasteiger partial charge in [0.2, 0.25) is 0 Å². The van der Waals surface area contributed by atoms with Gasteiger partial charge in [0, 0.05) is 16.5 Å². The summed E-state index contributed by atoms with van der Waals surface area (Å²) in [4.78, 5) is 10.2. The van der Waals surface area contributed by atoms with E-state index in [1.165, 1.54) is 44.5 Å². The van der Waals surface area contributed by atoms with Crippen LogP contribution >= 0.6 is 0 Å². The Morgan fingerprint density at radius 1 is 0.542 bits per heavy atom. The van der Waals surface area contributed by atoms with E-state index in [-0.39, 0.29) is 5.41 Å². The summed E-state index contributed by atoms with van der Waals surface area (Å²) in [5.41, 5.74) is 13.3. The van der Waals surface area contributed by atoms with E-state index in [2.05, 4.69) is 128 Å². The van der Waals surface area contributed by atoms with Crippen molar-refractivity contribution in [3.05, 3.63) is 201 Å². The molecule has 3 aliphatic rings. The molecule has 0 saturated heterocycles. The lowest BCUT2D eigenvalue weighted by Gasteiger charge is -2.46. The van der Waals surface area contributed by atoms with Gasteiger partial charge in [0.15, 0.2) is 6.17 Å². The fraction of sp³-hybridized carbons (Fsp3) is 0.114. The molecular weight excluding hydrogens is 585 g/mol. The number of hydrogen-bond acceptors (Lipinski definition) is 4. The summed E-state index contributed by atoms with van der Waals surface area (Å²) >= 11 is 0. The summed E-state index contributed by atoms with van der Waals surface area (Å²) in [7, 11) is 0. The van der Waals surface area contributed by atoms with Crippen LogP contribution in [0.5, 0.6) is 0 Å². The van der Waals surface area contributed by atoms with Crippen molar-refractivity contribution in [1.29, 1.82) is 5.26 Å². The molecule has 1 atom stereocenters.